The van der Waals surface area contributed by atoms with Crippen LogP contribution in [0, 0.1) is 5.92 Å². The van der Waals surface area contributed by atoms with Gasteiger partial charge in [0.2, 0.25) is 0 Å². The fraction of sp³-hybridized carbons (Fsp3) is 0.400. The number of rotatable bonds is 3. The summed E-state index contributed by atoms with van der Waals surface area (Å²) in [6, 6.07) is 5.27. The van der Waals surface area contributed by atoms with E-state index in [0.717, 1.165) is 15.4 Å². The van der Waals surface area contributed by atoms with E-state index >= 15 is 0 Å². The SMILES string of the molecule is O=C(OCC1COCCOC1)c1cc(Br)c2occc2c1. The first-order valence-electron chi connectivity index (χ1n) is 6.73. The number of hydrogen-bond acceptors (Lipinski definition) is 5. The molecule has 1 aromatic carbocycles. The molecule has 1 fully saturated rings. The average Bonchev–Trinajstić information content (AvgIpc) is 2.81. The summed E-state index contributed by atoms with van der Waals surface area (Å²) in [5.41, 5.74) is 1.21. The molecule has 3 rings (SSSR count). The summed E-state index contributed by atoms with van der Waals surface area (Å²) in [6.45, 7) is 2.58. The zero-order chi connectivity index (χ0) is 14.7. The van der Waals surface area contributed by atoms with E-state index in [4.69, 9.17) is 18.6 Å². The van der Waals surface area contributed by atoms with Gasteiger partial charge in [-0.3, -0.25) is 0 Å². The molecule has 2 heterocycles. The Morgan fingerprint density at radius 3 is 2.81 bits per heavy atom. The lowest BCUT2D eigenvalue weighted by atomic mass is 10.1. The van der Waals surface area contributed by atoms with Gasteiger partial charge in [-0.1, -0.05) is 0 Å². The monoisotopic (exact) mass is 354 g/mol. The molecule has 0 atom stereocenters. The van der Waals surface area contributed by atoms with E-state index in [1.54, 1.807) is 18.4 Å². The van der Waals surface area contributed by atoms with Gasteiger partial charge < -0.3 is 18.6 Å². The zero-order valence-electron chi connectivity index (χ0n) is 11.3. The Morgan fingerprint density at radius 1 is 1.29 bits per heavy atom. The van der Waals surface area contributed by atoms with Crippen LogP contribution in [-0.4, -0.2) is 39.0 Å². The van der Waals surface area contributed by atoms with Gasteiger partial charge in [0.05, 0.1) is 49.3 Å². The van der Waals surface area contributed by atoms with Gasteiger partial charge in [-0.15, -0.1) is 0 Å². The number of esters is 1. The van der Waals surface area contributed by atoms with Crippen LogP contribution in [0.15, 0.2) is 33.4 Å². The molecule has 0 spiro atoms. The highest BCUT2D eigenvalue weighted by Gasteiger charge is 2.17. The molecule has 0 radical (unpaired) electrons. The number of hydrogen-bond donors (Lipinski definition) is 0. The van der Waals surface area contributed by atoms with Crippen LogP contribution in [0.5, 0.6) is 0 Å². The van der Waals surface area contributed by atoms with Gasteiger partial charge in [-0.05, 0) is 34.1 Å². The van der Waals surface area contributed by atoms with E-state index in [9.17, 15) is 4.79 Å². The number of ether oxygens (including phenoxy) is 3. The van der Waals surface area contributed by atoms with Gasteiger partial charge in [0.1, 0.15) is 5.58 Å². The lowest BCUT2D eigenvalue weighted by Gasteiger charge is -2.13. The number of halogens is 1. The van der Waals surface area contributed by atoms with E-state index in [-0.39, 0.29) is 11.9 Å². The van der Waals surface area contributed by atoms with Crippen molar-refractivity contribution in [2.75, 3.05) is 33.0 Å². The quantitative estimate of drug-likeness (QED) is 0.793. The summed E-state index contributed by atoms with van der Waals surface area (Å²) in [6.07, 6.45) is 1.59. The van der Waals surface area contributed by atoms with E-state index in [1.807, 2.05) is 6.07 Å². The highest BCUT2D eigenvalue weighted by molar-refractivity contribution is 9.10. The predicted molar refractivity (Wildman–Crippen MR) is 79.3 cm³/mol. The van der Waals surface area contributed by atoms with Gasteiger partial charge in [-0.2, -0.15) is 0 Å². The van der Waals surface area contributed by atoms with Gasteiger partial charge in [-0.25, -0.2) is 4.79 Å². The highest BCUT2D eigenvalue weighted by Crippen LogP contribution is 2.27. The van der Waals surface area contributed by atoms with Gasteiger partial charge >= 0.3 is 5.97 Å². The molecule has 0 saturated carbocycles. The molecule has 0 unspecified atom stereocenters. The normalized spacial score (nSPS) is 16.8. The Kier molecular flexibility index (Phi) is 4.57. The molecule has 1 aliphatic rings. The van der Waals surface area contributed by atoms with Crippen molar-refractivity contribution in [2.45, 2.75) is 0 Å². The van der Waals surface area contributed by atoms with Crippen molar-refractivity contribution < 1.29 is 23.4 Å². The molecule has 0 bridgehead atoms. The maximum atomic E-state index is 12.1. The molecule has 1 aliphatic heterocycles. The van der Waals surface area contributed by atoms with Crippen LogP contribution in [0.3, 0.4) is 0 Å². The Morgan fingerprint density at radius 2 is 2.05 bits per heavy atom. The highest BCUT2D eigenvalue weighted by atomic mass is 79.9. The molecule has 0 amide bonds. The molecule has 6 heteroatoms. The summed E-state index contributed by atoms with van der Waals surface area (Å²) in [7, 11) is 0. The third kappa shape index (κ3) is 3.45. The third-order valence-electron chi connectivity index (χ3n) is 3.27. The van der Waals surface area contributed by atoms with E-state index in [1.165, 1.54) is 0 Å². The molecule has 1 aromatic heterocycles. The second-order valence-corrected chi connectivity index (χ2v) is 5.77. The number of carbonyl (C=O) groups excluding carboxylic acids is 1. The molecule has 1 saturated heterocycles. The number of carbonyl (C=O) groups is 1. The summed E-state index contributed by atoms with van der Waals surface area (Å²) in [5.74, 6) is -0.277. The van der Waals surface area contributed by atoms with E-state index in [0.29, 0.717) is 38.6 Å². The molecule has 0 aliphatic carbocycles. The van der Waals surface area contributed by atoms with Crippen LogP contribution >= 0.6 is 15.9 Å². The van der Waals surface area contributed by atoms with Crippen LogP contribution in [-0.2, 0) is 14.2 Å². The number of benzene rings is 1. The van der Waals surface area contributed by atoms with Crippen molar-refractivity contribution in [1.29, 1.82) is 0 Å². The first kappa shape index (κ1) is 14.6. The van der Waals surface area contributed by atoms with Crippen LogP contribution in [0.4, 0.5) is 0 Å². The molecule has 21 heavy (non-hydrogen) atoms. The van der Waals surface area contributed by atoms with Gasteiger partial charge in [0, 0.05) is 11.3 Å². The Bertz CT molecular complexity index is 628. The summed E-state index contributed by atoms with van der Waals surface area (Å²) >= 11 is 3.39. The van der Waals surface area contributed by atoms with Crippen molar-refractivity contribution >= 4 is 32.9 Å². The smallest absolute Gasteiger partial charge is 0.338 e. The first-order chi connectivity index (χ1) is 10.2. The van der Waals surface area contributed by atoms with Crippen molar-refractivity contribution in [3.63, 3.8) is 0 Å². The van der Waals surface area contributed by atoms with Crippen molar-refractivity contribution in [1.82, 2.24) is 0 Å². The van der Waals surface area contributed by atoms with E-state index in [2.05, 4.69) is 15.9 Å². The van der Waals surface area contributed by atoms with Crippen molar-refractivity contribution in [2.24, 2.45) is 5.92 Å². The van der Waals surface area contributed by atoms with E-state index < -0.39 is 0 Å². The minimum Gasteiger partial charge on any atom is -0.463 e. The number of furan rings is 1. The lowest BCUT2D eigenvalue weighted by Crippen LogP contribution is -2.21. The summed E-state index contributed by atoms with van der Waals surface area (Å²) < 4.78 is 22.2. The van der Waals surface area contributed by atoms with Crippen LogP contribution in [0.1, 0.15) is 10.4 Å². The van der Waals surface area contributed by atoms with Gasteiger partial charge in [0.15, 0.2) is 0 Å². The molecule has 2 aromatic rings. The molecule has 5 nitrogen and oxygen atoms in total. The lowest BCUT2D eigenvalue weighted by molar-refractivity contribution is 0.0297. The maximum Gasteiger partial charge on any atom is 0.338 e. The molecular weight excluding hydrogens is 340 g/mol. The maximum absolute atomic E-state index is 12.1. The second kappa shape index (κ2) is 6.60. The summed E-state index contributed by atoms with van der Waals surface area (Å²) in [4.78, 5) is 12.1. The fourth-order valence-electron chi connectivity index (χ4n) is 2.20. The summed E-state index contributed by atoms with van der Waals surface area (Å²) in [5, 5.41) is 0.859. The fourth-order valence-corrected chi connectivity index (χ4v) is 2.76. The molecule has 0 N–H and O–H groups in total. The topological polar surface area (TPSA) is 57.9 Å². The first-order valence-corrected chi connectivity index (χ1v) is 7.52. The van der Waals surface area contributed by atoms with Crippen LogP contribution < -0.4 is 0 Å². The minimum atomic E-state index is -0.358. The Hall–Kier alpha value is -1.37. The Balaban J connectivity index is 1.66. The Labute approximate surface area is 130 Å². The molecule has 112 valence electrons. The number of fused-ring (bicyclic) bond motifs is 1. The van der Waals surface area contributed by atoms with Crippen LogP contribution in [0.2, 0.25) is 0 Å². The standard InChI is InChI=1S/C15H15BrO5/c16-13-6-12(5-11-1-2-20-14(11)13)15(17)21-9-10-7-18-3-4-19-8-10/h1-2,5-6,10H,3-4,7-9H2. The molecular formula is C15H15BrO5. The second-order valence-electron chi connectivity index (χ2n) is 4.91. The van der Waals surface area contributed by atoms with Crippen molar-refractivity contribution in [3.8, 4) is 0 Å². The van der Waals surface area contributed by atoms with Gasteiger partial charge in [0.25, 0.3) is 0 Å². The third-order valence-corrected chi connectivity index (χ3v) is 3.86. The zero-order valence-corrected chi connectivity index (χ0v) is 12.9. The van der Waals surface area contributed by atoms with Crippen LogP contribution in [0.25, 0.3) is 11.0 Å². The predicted octanol–water partition coefficient (Wildman–Crippen LogP) is 3.02. The average molecular weight is 355 g/mol. The largest absolute Gasteiger partial charge is 0.463 e. The minimum absolute atomic E-state index is 0.0811. The van der Waals surface area contributed by atoms with Crippen molar-refractivity contribution in [3.05, 3.63) is 34.5 Å².